The minimum atomic E-state index is -0.0129. The van der Waals surface area contributed by atoms with E-state index in [1.807, 2.05) is 30.7 Å². The predicted octanol–water partition coefficient (Wildman–Crippen LogP) is 4.26. The van der Waals surface area contributed by atoms with Gasteiger partial charge >= 0.3 is 0 Å². The quantitative estimate of drug-likeness (QED) is 0.693. The van der Waals surface area contributed by atoms with Crippen LogP contribution in [0.5, 0.6) is 0 Å². The molecule has 0 saturated heterocycles. The van der Waals surface area contributed by atoms with Crippen molar-refractivity contribution >= 4 is 23.2 Å². The third-order valence-electron chi connectivity index (χ3n) is 4.58. The van der Waals surface area contributed by atoms with Gasteiger partial charge in [0.15, 0.2) is 0 Å². The Morgan fingerprint density at radius 2 is 2.08 bits per heavy atom. The number of nitrogens with zero attached hydrogens (tertiary/aromatic N) is 4. The first kappa shape index (κ1) is 16.8. The maximum absolute atomic E-state index is 12.7. The number of imidazole rings is 1. The van der Waals surface area contributed by atoms with E-state index in [-0.39, 0.29) is 5.91 Å². The highest BCUT2D eigenvalue weighted by atomic mass is 35.5. The van der Waals surface area contributed by atoms with Gasteiger partial charge in [-0.2, -0.15) is 0 Å². The average Bonchev–Trinajstić information content (AvgIpc) is 3.20. The molecule has 0 bridgehead atoms. The number of anilines is 1. The van der Waals surface area contributed by atoms with Gasteiger partial charge in [0.25, 0.3) is 5.91 Å². The number of carbonyl (C=O) groups is 1. The second-order valence-corrected chi connectivity index (χ2v) is 7.25. The van der Waals surface area contributed by atoms with Crippen LogP contribution < -0.4 is 4.90 Å². The van der Waals surface area contributed by atoms with E-state index in [1.165, 1.54) is 0 Å². The summed E-state index contributed by atoms with van der Waals surface area (Å²) in [5.41, 5.74) is 3.48. The Bertz CT molecular complexity index is 979. The summed E-state index contributed by atoms with van der Waals surface area (Å²) in [6.07, 6.45) is 7.35. The zero-order valence-corrected chi connectivity index (χ0v) is 15.4. The van der Waals surface area contributed by atoms with Crippen LogP contribution in [-0.2, 0) is 13.1 Å². The van der Waals surface area contributed by atoms with E-state index in [1.54, 1.807) is 23.2 Å². The molecular weight excluding hydrogens is 348 g/mol. The maximum Gasteiger partial charge on any atom is 0.258 e. The minimum Gasteiger partial charge on any atom is -0.330 e. The Balaban J connectivity index is 1.61. The fourth-order valence-electron chi connectivity index (χ4n) is 3.36. The normalized spacial score (nSPS) is 13.5. The van der Waals surface area contributed by atoms with E-state index in [9.17, 15) is 4.79 Å². The molecule has 0 saturated carbocycles. The number of amides is 1. The van der Waals surface area contributed by atoms with E-state index in [4.69, 9.17) is 11.6 Å². The van der Waals surface area contributed by atoms with E-state index in [0.29, 0.717) is 29.6 Å². The number of hydrogen-bond donors (Lipinski definition) is 0. The molecule has 1 amide bonds. The molecule has 3 heterocycles. The van der Waals surface area contributed by atoms with Gasteiger partial charge in [0.05, 0.1) is 25.0 Å². The topological polar surface area (TPSA) is 51.0 Å². The summed E-state index contributed by atoms with van der Waals surface area (Å²) in [4.78, 5) is 23.2. The Labute approximate surface area is 157 Å². The van der Waals surface area contributed by atoms with Gasteiger partial charge in [-0.05, 0) is 35.4 Å². The van der Waals surface area contributed by atoms with E-state index >= 15 is 0 Å². The van der Waals surface area contributed by atoms with Crippen molar-refractivity contribution in [3.63, 3.8) is 0 Å². The SMILES string of the molecule is CC(C)c1nccn1Cc1cncc(N2Cc3cc(Cl)ccc3C2=O)c1. The van der Waals surface area contributed by atoms with Crippen molar-refractivity contribution in [3.8, 4) is 0 Å². The molecule has 26 heavy (non-hydrogen) atoms. The first-order valence-electron chi connectivity index (χ1n) is 8.58. The zero-order chi connectivity index (χ0) is 18.3. The van der Waals surface area contributed by atoms with Gasteiger partial charge in [-0.3, -0.25) is 9.78 Å². The van der Waals surface area contributed by atoms with Gasteiger partial charge in [0.1, 0.15) is 5.82 Å². The van der Waals surface area contributed by atoms with Crippen LogP contribution in [0.15, 0.2) is 49.1 Å². The molecule has 1 aliphatic rings. The molecule has 0 aliphatic carbocycles. The highest BCUT2D eigenvalue weighted by Crippen LogP contribution is 2.30. The van der Waals surface area contributed by atoms with Gasteiger partial charge in [-0.25, -0.2) is 4.98 Å². The van der Waals surface area contributed by atoms with Crippen LogP contribution in [0.1, 0.15) is 47.1 Å². The summed E-state index contributed by atoms with van der Waals surface area (Å²) in [5, 5.41) is 0.645. The molecule has 5 nitrogen and oxygen atoms in total. The van der Waals surface area contributed by atoms with Crippen molar-refractivity contribution < 1.29 is 4.79 Å². The molecule has 0 atom stereocenters. The molecule has 6 heteroatoms. The number of hydrogen-bond acceptors (Lipinski definition) is 3. The van der Waals surface area contributed by atoms with Gasteiger partial charge in [0, 0.05) is 35.1 Å². The molecule has 2 aromatic heterocycles. The lowest BCUT2D eigenvalue weighted by Gasteiger charge is -2.17. The molecule has 3 aromatic rings. The number of carbonyl (C=O) groups excluding carboxylic acids is 1. The van der Waals surface area contributed by atoms with Crippen molar-refractivity contribution in [2.75, 3.05) is 4.90 Å². The highest BCUT2D eigenvalue weighted by molar-refractivity contribution is 6.31. The Morgan fingerprint density at radius 1 is 1.23 bits per heavy atom. The Morgan fingerprint density at radius 3 is 2.88 bits per heavy atom. The Kier molecular flexibility index (Phi) is 4.24. The second kappa shape index (κ2) is 6.57. The van der Waals surface area contributed by atoms with Crippen LogP contribution in [0.25, 0.3) is 0 Å². The van der Waals surface area contributed by atoms with Crippen LogP contribution in [-0.4, -0.2) is 20.4 Å². The summed E-state index contributed by atoms with van der Waals surface area (Å²) >= 11 is 6.06. The van der Waals surface area contributed by atoms with E-state index < -0.39 is 0 Å². The maximum atomic E-state index is 12.7. The Hall–Kier alpha value is -2.66. The molecule has 0 radical (unpaired) electrons. The van der Waals surface area contributed by atoms with Gasteiger partial charge in [0.2, 0.25) is 0 Å². The van der Waals surface area contributed by atoms with Crippen molar-refractivity contribution in [1.82, 2.24) is 14.5 Å². The lowest BCUT2D eigenvalue weighted by molar-refractivity contribution is 0.0996. The van der Waals surface area contributed by atoms with Gasteiger partial charge in [-0.1, -0.05) is 25.4 Å². The number of pyridine rings is 1. The van der Waals surface area contributed by atoms with Gasteiger partial charge in [-0.15, -0.1) is 0 Å². The molecular formula is C20H19ClN4O. The third kappa shape index (κ3) is 2.99. The average molecular weight is 367 g/mol. The summed E-state index contributed by atoms with van der Waals surface area (Å²) in [6, 6.07) is 7.41. The highest BCUT2D eigenvalue weighted by Gasteiger charge is 2.28. The van der Waals surface area contributed by atoms with Crippen LogP contribution in [0.2, 0.25) is 5.02 Å². The predicted molar refractivity (Wildman–Crippen MR) is 102 cm³/mol. The molecule has 0 N–H and O–H groups in total. The largest absolute Gasteiger partial charge is 0.330 e. The molecule has 1 aromatic carbocycles. The summed E-state index contributed by atoms with van der Waals surface area (Å²) in [7, 11) is 0. The lowest BCUT2D eigenvalue weighted by Crippen LogP contribution is -2.23. The van der Waals surface area contributed by atoms with Crippen LogP contribution >= 0.6 is 11.6 Å². The molecule has 0 spiro atoms. The van der Waals surface area contributed by atoms with Crippen molar-refractivity contribution in [2.24, 2.45) is 0 Å². The summed E-state index contributed by atoms with van der Waals surface area (Å²) in [6.45, 7) is 5.44. The van der Waals surface area contributed by atoms with Crippen LogP contribution in [0.3, 0.4) is 0 Å². The number of fused-ring (bicyclic) bond motifs is 1. The monoisotopic (exact) mass is 366 g/mol. The number of benzene rings is 1. The molecule has 1 aliphatic heterocycles. The molecule has 0 fully saturated rings. The van der Waals surface area contributed by atoms with Crippen LogP contribution in [0.4, 0.5) is 5.69 Å². The first-order valence-corrected chi connectivity index (χ1v) is 8.96. The molecule has 0 unspecified atom stereocenters. The minimum absolute atomic E-state index is 0.0129. The van der Waals surface area contributed by atoms with E-state index in [2.05, 4.69) is 28.4 Å². The first-order chi connectivity index (χ1) is 12.5. The number of aromatic nitrogens is 3. The van der Waals surface area contributed by atoms with Crippen LogP contribution in [0, 0.1) is 0 Å². The smallest absolute Gasteiger partial charge is 0.258 e. The van der Waals surface area contributed by atoms with Crippen molar-refractivity contribution in [2.45, 2.75) is 32.9 Å². The summed E-state index contributed by atoms with van der Waals surface area (Å²) in [5.74, 6) is 1.37. The fraction of sp³-hybridized carbons (Fsp3) is 0.250. The van der Waals surface area contributed by atoms with Crippen molar-refractivity contribution in [3.05, 3.63) is 76.6 Å². The molecule has 132 valence electrons. The standard InChI is InChI=1S/C20H19ClN4O/c1-13(2)19-23-5-6-24(19)11-14-7-17(10-22-9-14)25-12-15-8-16(21)3-4-18(15)20(25)26/h3-10,13H,11-12H2,1-2H3. The molecule has 4 rings (SSSR count). The number of rotatable bonds is 4. The van der Waals surface area contributed by atoms with Crippen molar-refractivity contribution in [1.29, 1.82) is 0 Å². The lowest BCUT2D eigenvalue weighted by atomic mass is 10.1. The second-order valence-electron chi connectivity index (χ2n) is 6.81. The third-order valence-corrected chi connectivity index (χ3v) is 4.82. The number of halogens is 1. The fourth-order valence-corrected chi connectivity index (χ4v) is 3.55. The zero-order valence-electron chi connectivity index (χ0n) is 14.7. The van der Waals surface area contributed by atoms with Gasteiger partial charge < -0.3 is 9.47 Å². The summed E-state index contributed by atoms with van der Waals surface area (Å²) < 4.78 is 2.12. The van der Waals surface area contributed by atoms with E-state index in [0.717, 1.165) is 22.6 Å².